The van der Waals surface area contributed by atoms with E-state index in [1.54, 1.807) is 30.3 Å². The highest BCUT2D eigenvalue weighted by molar-refractivity contribution is 8.26. The molecule has 1 aliphatic rings. The standard InChI is InChI=1S/C17H10ClN3O4S2/c18-13-7-6-12(21(24)25)8-11(13)9-14-16(23)20(17(26)27-14)19-15(22)10-4-2-1-3-5-10/h1-9H,(H,19,22)/b14-9-. The zero-order chi connectivity index (χ0) is 19.6. The molecule has 1 saturated heterocycles. The number of carbonyl (C=O) groups is 2. The number of hydrogen-bond acceptors (Lipinski definition) is 6. The summed E-state index contributed by atoms with van der Waals surface area (Å²) in [4.78, 5) is 35.4. The van der Waals surface area contributed by atoms with E-state index < -0.39 is 16.7 Å². The van der Waals surface area contributed by atoms with E-state index in [2.05, 4.69) is 5.43 Å². The molecule has 0 saturated carbocycles. The van der Waals surface area contributed by atoms with Gasteiger partial charge in [-0.15, -0.1) is 0 Å². The number of non-ortho nitro benzene ring substituents is 1. The van der Waals surface area contributed by atoms with E-state index in [4.69, 9.17) is 23.8 Å². The summed E-state index contributed by atoms with van der Waals surface area (Å²) >= 11 is 12.2. The number of nitrogens with zero attached hydrogens (tertiary/aromatic N) is 2. The Balaban J connectivity index is 1.84. The van der Waals surface area contributed by atoms with Crippen LogP contribution in [0.2, 0.25) is 5.02 Å². The quantitative estimate of drug-likeness (QED) is 0.351. The minimum Gasteiger partial charge on any atom is -0.267 e. The number of nitrogens with one attached hydrogen (secondary N) is 1. The van der Waals surface area contributed by atoms with Crippen LogP contribution in [0.3, 0.4) is 0 Å². The van der Waals surface area contributed by atoms with Crippen molar-refractivity contribution in [3.63, 3.8) is 0 Å². The lowest BCUT2D eigenvalue weighted by atomic mass is 10.2. The van der Waals surface area contributed by atoms with Gasteiger partial charge in [-0.3, -0.25) is 25.1 Å². The number of thioether (sulfide) groups is 1. The highest BCUT2D eigenvalue weighted by atomic mass is 35.5. The van der Waals surface area contributed by atoms with Crippen molar-refractivity contribution in [1.29, 1.82) is 0 Å². The second kappa shape index (κ2) is 7.87. The van der Waals surface area contributed by atoms with E-state index in [0.717, 1.165) is 16.8 Å². The first-order chi connectivity index (χ1) is 12.9. The molecule has 7 nitrogen and oxygen atoms in total. The number of amides is 2. The molecule has 1 fully saturated rings. The van der Waals surface area contributed by atoms with E-state index in [0.29, 0.717) is 11.1 Å². The maximum atomic E-state index is 12.6. The Labute approximate surface area is 168 Å². The van der Waals surface area contributed by atoms with Gasteiger partial charge < -0.3 is 0 Å². The number of carbonyl (C=O) groups excluding carboxylic acids is 2. The van der Waals surface area contributed by atoms with Gasteiger partial charge in [0.25, 0.3) is 17.5 Å². The Morgan fingerprint density at radius 2 is 1.96 bits per heavy atom. The molecule has 3 rings (SSSR count). The topological polar surface area (TPSA) is 92.6 Å². The summed E-state index contributed by atoms with van der Waals surface area (Å²) in [5, 5.41) is 12.1. The smallest absolute Gasteiger partial charge is 0.267 e. The molecule has 1 heterocycles. The normalized spacial score (nSPS) is 15.3. The molecule has 2 amide bonds. The third kappa shape index (κ3) is 4.16. The molecule has 0 aromatic heterocycles. The Kier molecular flexibility index (Phi) is 5.54. The molecule has 0 spiro atoms. The molecule has 2 aromatic rings. The molecule has 27 heavy (non-hydrogen) atoms. The Morgan fingerprint density at radius 3 is 2.63 bits per heavy atom. The predicted molar refractivity (Wildman–Crippen MR) is 107 cm³/mol. The first-order valence-corrected chi connectivity index (χ1v) is 9.05. The zero-order valence-corrected chi connectivity index (χ0v) is 15.8. The summed E-state index contributed by atoms with van der Waals surface area (Å²) in [6, 6.07) is 12.3. The minimum absolute atomic E-state index is 0.136. The van der Waals surface area contributed by atoms with Crippen LogP contribution in [0.15, 0.2) is 53.4 Å². The summed E-state index contributed by atoms with van der Waals surface area (Å²) in [5.41, 5.74) is 2.98. The summed E-state index contributed by atoms with van der Waals surface area (Å²) in [6.45, 7) is 0. The number of nitro groups is 1. The first-order valence-electron chi connectivity index (χ1n) is 7.45. The van der Waals surface area contributed by atoms with E-state index in [9.17, 15) is 19.7 Å². The number of hydrazine groups is 1. The first kappa shape index (κ1) is 19.0. The van der Waals surface area contributed by atoms with Crippen molar-refractivity contribution in [2.75, 3.05) is 0 Å². The van der Waals surface area contributed by atoms with Crippen LogP contribution in [0, 0.1) is 10.1 Å². The molecule has 0 atom stereocenters. The number of benzene rings is 2. The largest absolute Gasteiger partial charge is 0.285 e. The number of hydrogen-bond donors (Lipinski definition) is 1. The Bertz CT molecular complexity index is 995. The molecule has 136 valence electrons. The highest BCUT2D eigenvalue weighted by Gasteiger charge is 2.34. The second-order valence-corrected chi connectivity index (χ2v) is 7.37. The lowest BCUT2D eigenvalue weighted by molar-refractivity contribution is -0.384. The molecule has 0 unspecified atom stereocenters. The lowest BCUT2D eigenvalue weighted by Crippen LogP contribution is -2.44. The van der Waals surface area contributed by atoms with Gasteiger partial charge in [-0.05, 0) is 36.5 Å². The fourth-order valence-corrected chi connectivity index (χ4v) is 3.56. The molecule has 1 aliphatic heterocycles. The second-order valence-electron chi connectivity index (χ2n) is 5.29. The van der Waals surface area contributed by atoms with Crippen LogP contribution < -0.4 is 5.43 Å². The van der Waals surface area contributed by atoms with Gasteiger partial charge in [0.2, 0.25) is 0 Å². The average molecular weight is 420 g/mol. The average Bonchev–Trinajstić information content (AvgIpc) is 2.91. The number of halogens is 1. The molecule has 0 aliphatic carbocycles. The Morgan fingerprint density at radius 1 is 1.26 bits per heavy atom. The molecule has 0 bridgehead atoms. The van der Waals surface area contributed by atoms with Crippen LogP contribution >= 0.6 is 35.6 Å². The number of nitro benzene ring substituents is 1. The summed E-state index contributed by atoms with van der Waals surface area (Å²) in [7, 11) is 0. The molecule has 0 radical (unpaired) electrons. The predicted octanol–water partition coefficient (Wildman–Crippen LogP) is 3.79. The number of thiocarbonyl (C=S) groups is 1. The molecule has 2 aromatic carbocycles. The van der Waals surface area contributed by atoms with Gasteiger partial charge in [-0.25, -0.2) is 0 Å². The van der Waals surface area contributed by atoms with E-state index in [1.165, 1.54) is 24.3 Å². The zero-order valence-electron chi connectivity index (χ0n) is 13.4. The third-order valence-electron chi connectivity index (χ3n) is 3.52. The van der Waals surface area contributed by atoms with Crippen LogP contribution in [0.1, 0.15) is 15.9 Å². The molecular weight excluding hydrogens is 410 g/mol. The highest BCUT2D eigenvalue weighted by Crippen LogP contribution is 2.33. The molecule has 1 N–H and O–H groups in total. The fraction of sp³-hybridized carbons (Fsp3) is 0. The molecular formula is C17H10ClN3O4S2. The van der Waals surface area contributed by atoms with Gasteiger partial charge in [-0.1, -0.05) is 41.6 Å². The fourth-order valence-electron chi connectivity index (χ4n) is 2.22. The lowest BCUT2D eigenvalue weighted by Gasteiger charge is -2.15. The summed E-state index contributed by atoms with van der Waals surface area (Å²) in [6.07, 6.45) is 1.41. The molecule has 10 heteroatoms. The van der Waals surface area contributed by atoms with Crippen LogP contribution in [0.25, 0.3) is 6.08 Å². The van der Waals surface area contributed by atoms with Crippen molar-refractivity contribution in [1.82, 2.24) is 10.4 Å². The van der Waals surface area contributed by atoms with Gasteiger partial charge >= 0.3 is 0 Å². The Hall–Kier alpha value is -2.75. The summed E-state index contributed by atoms with van der Waals surface area (Å²) in [5.74, 6) is -1.03. The third-order valence-corrected chi connectivity index (χ3v) is 5.17. The van der Waals surface area contributed by atoms with Crippen LogP contribution in [-0.2, 0) is 4.79 Å². The van der Waals surface area contributed by atoms with Crippen molar-refractivity contribution in [2.45, 2.75) is 0 Å². The van der Waals surface area contributed by atoms with Crippen molar-refractivity contribution in [3.05, 3.63) is 79.7 Å². The number of rotatable bonds is 4. The van der Waals surface area contributed by atoms with Crippen LogP contribution in [-0.4, -0.2) is 26.1 Å². The van der Waals surface area contributed by atoms with E-state index in [-0.39, 0.29) is 19.9 Å². The van der Waals surface area contributed by atoms with Crippen LogP contribution in [0.5, 0.6) is 0 Å². The van der Waals surface area contributed by atoms with Crippen molar-refractivity contribution in [2.24, 2.45) is 0 Å². The van der Waals surface area contributed by atoms with Gasteiger partial charge in [0.15, 0.2) is 4.32 Å². The van der Waals surface area contributed by atoms with Crippen molar-refractivity contribution < 1.29 is 14.5 Å². The van der Waals surface area contributed by atoms with E-state index >= 15 is 0 Å². The van der Waals surface area contributed by atoms with Gasteiger partial charge in [-0.2, -0.15) is 5.01 Å². The van der Waals surface area contributed by atoms with Gasteiger partial charge in [0, 0.05) is 28.3 Å². The minimum atomic E-state index is -0.557. The van der Waals surface area contributed by atoms with Gasteiger partial charge in [0.05, 0.1) is 9.83 Å². The maximum absolute atomic E-state index is 12.6. The van der Waals surface area contributed by atoms with E-state index in [1.807, 2.05) is 0 Å². The van der Waals surface area contributed by atoms with Crippen molar-refractivity contribution >= 4 is 63.5 Å². The monoisotopic (exact) mass is 419 g/mol. The summed E-state index contributed by atoms with van der Waals surface area (Å²) < 4.78 is 0.136. The maximum Gasteiger partial charge on any atom is 0.285 e. The van der Waals surface area contributed by atoms with Crippen LogP contribution in [0.4, 0.5) is 5.69 Å². The van der Waals surface area contributed by atoms with Gasteiger partial charge in [0.1, 0.15) is 0 Å². The van der Waals surface area contributed by atoms with Crippen molar-refractivity contribution in [3.8, 4) is 0 Å². The SMILES string of the molecule is O=C(NN1C(=O)/C(=C/c2cc([N+](=O)[O-])ccc2Cl)SC1=S)c1ccccc1.